The van der Waals surface area contributed by atoms with Crippen molar-refractivity contribution in [1.82, 2.24) is 9.46 Å². The lowest BCUT2D eigenvalue weighted by molar-refractivity contribution is 0.102. The van der Waals surface area contributed by atoms with Crippen LogP contribution in [0.1, 0.15) is 48.2 Å². The molecule has 8 heteroatoms. The van der Waals surface area contributed by atoms with Crippen LogP contribution in [-0.2, 0) is 10.0 Å². The molecule has 2 aromatic rings. The summed E-state index contributed by atoms with van der Waals surface area (Å²) in [5.74, 6) is -0.132. The van der Waals surface area contributed by atoms with Gasteiger partial charge in [-0.2, -0.15) is 4.31 Å². The quantitative estimate of drug-likeness (QED) is 0.864. The van der Waals surface area contributed by atoms with E-state index in [1.807, 2.05) is 0 Å². The molecular weight excluding hydrogens is 354 g/mol. The largest absolute Gasteiger partial charge is 0.338 e. The van der Waals surface area contributed by atoms with E-state index in [4.69, 9.17) is 4.52 Å². The third-order valence-corrected chi connectivity index (χ3v) is 6.67. The number of hydrogen-bond acceptors (Lipinski definition) is 5. The number of carbonyl (C=O) groups excluding carboxylic acids is 1. The number of aryl methyl sites for hydroxylation is 1. The van der Waals surface area contributed by atoms with Crippen molar-refractivity contribution in [3.05, 3.63) is 41.6 Å². The summed E-state index contributed by atoms with van der Waals surface area (Å²) in [6.07, 6.45) is 5.08. The number of sulfonamides is 1. The molecule has 1 aliphatic rings. The highest BCUT2D eigenvalue weighted by Crippen LogP contribution is 2.26. The molecule has 1 fully saturated rings. The summed E-state index contributed by atoms with van der Waals surface area (Å²) >= 11 is 0. The number of rotatable bonds is 5. The molecule has 1 heterocycles. The third kappa shape index (κ3) is 3.96. The summed E-state index contributed by atoms with van der Waals surface area (Å²) < 4.78 is 32.0. The van der Waals surface area contributed by atoms with Gasteiger partial charge in [0.1, 0.15) is 0 Å². The standard InChI is InChI=1S/C18H23N3O4S/c1-13-12-17(25-20-13)19-18(22)14-8-10-16(11-9-14)26(23,24)21(2)15-6-4-3-5-7-15/h8-12,15H,3-7H2,1-2H3,(H,19,22). The van der Waals surface area contributed by atoms with E-state index in [9.17, 15) is 13.2 Å². The maximum Gasteiger partial charge on any atom is 0.258 e. The molecule has 0 saturated heterocycles. The maximum atomic E-state index is 12.8. The Morgan fingerprint density at radius 2 is 1.85 bits per heavy atom. The van der Waals surface area contributed by atoms with Crippen molar-refractivity contribution in [3.8, 4) is 0 Å². The van der Waals surface area contributed by atoms with E-state index in [1.54, 1.807) is 20.0 Å². The van der Waals surface area contributed by atoms with Crippen LogP contribution in [0.3, 0.4) is 0 Å². The summed E-state index contributed by atoms with van der Waals surface area (Å²) in [5, 5.41) is 6.28. The second-order valence-electron chi connectivity index (χ2n) is 6.62. The first-order valence-electron chi connectivity index (χ1n) is 8.71. The summed E-state index contributed by atoms with van der Waals surface area (Å²) in [7, 11) is -1.93. The number of carbonyl (C=O) groups is 1. The Morgan fingerprint density at radius 3 is 2.42 bits per heavy atom. The van der Waals surface area contributed by atoms with Gasteiger partial charge in [0.05, 0.1) is 10.6 Å². The van der Waals surface area contributed by atoms with Gasteiger partial charge in [-0.1, -0.05) is 24.4 Å². The SMILES string of the molecule is Cc1cc(NC(=O)c2ccc(S(=O)(=O)N(C)C3CCCCC3)cc2)on1. The number of amides is 1. The molecule has 1 aromatic heterocycles. The van der Waals surface area contributed by atoms with Crippen LogP contribution < -0.4 is 5.32 Å². The Balaban J connectivity index is 1.72. The fourth-order valence-corrected chi connectivity index (χ4v) is 4.61. The van der Waals surface area contributed by atoms with Gasteiger partial charge >= 0.3 is 0 Å². The number of hydrogen-bond donors (Lipinski definition) is 1. The maximum absolute atomic E-state index is 12.8. The van der Waals surface area contributed by atoms with Crippen molar-refractivity contribution in [2.45, 2.75) is 50.0 Å². The average molecular weight is 377 g/mol. The molecular formula is C18H23N3O4S. The highest BCUT2D eigenvalue weighted by atomic mass is 32.2. The van der Waals surface area contributed by atoms with Crippen LogP contribution in [0.25, 0.3) is 0 Å². The van der Waals surface area contributed by atoms with Crippen molar-refractivity contribution in [2.75, 3.05) is 12.4 Å². The van der Waals surface area contributed by atoms with E-state index >= 15 is 0 Å². The van der Waals surface area contributed by atoms with Gasteiger partial charge in [0.25, 0.3) is 5.91 Å². The predicted octanol–water partition coefficient (Wildman–Crippen LogP) is 3.19. The van der Waals surface area contributed by atoms with E-state index < -0.39 is 10.0 Å². The molecule has 7 nitrogen and oxygen atoms in total. The van der Waals surface area contributed by atoms with Crippen molar-refractivity contribution in [3.63, 3.8) is 0 Å². The fraction of sp³-hybridized carbons (Fsp3) is 0.444. The van der Waals surface area contributed by atoms with Crippen molar-refractivity contribution in [1.29, 1.82) is 0 Å². The lowest BCUT2D eigenvalue weighted by Crippen LogP contribution is -2.38. The molecule has 1 aliphatic carbocycles. The van der Waals surface area contributed by atoms with Crippen LogP contribution in [0.4, 0.5) is 5.88 Å². The van der Waals surface area contributed by atoms with Gasteiger partial charge in [-0.25, -0.2) is 8.42 Å². The van der Waals surface area contributed by atoms with Gasteiger partial charge in [-0.15, -0.1) is 0 Å². The van der Waals surface area contributed by atoms with Crippen LogP contribution in [-0.4, -0.2) is 36.9 Å². The smallest absolute Gasteiger partial charge is 0.258 e. The van der Waals surface area contributed by atoms with Crippen LogP contribution in [0, 0.1) is 6.92 Å². The van der Waals surface area contributed by atoms with E-state index in [1.165, 1.54) is 35.0 Å². The zero-order valence-electron chi connectivity index (χ0n) is 14.9. The minimum atomic E-state index is -3.56. The van der Waals surface area contributed by atoms with Crippen molar-refractivity contribution >= 4 is 21.8 Å². The first-order valence-corrected chi connectivity index (χ1v) is 10.1. The first kappa shape index (κ1) is 18.6. The Bertz CT molecular complexity index is 868. The Hall–Kier alpha value is -2.19. The van der Waals surface area contributed by atoms with E-state index in [0.29, 0.717) is 11.3 Å². The molecule has 0 spiro atoms. The number of benzene rings is 1. The van der Waals surface area contributed by atoms with Crippen LogP contribution in [0.2, 0.25) is 0 Å². The van der Waals surface area contributed by atoms with E-state index in [0.717, 1.165) is 25.7 Å². The summed E-state index contributed by atoms with van der Waals surface area (Å²) in [4.78, 5) is 12.4. The van der Waals surface area contributed by atoms with E-state index in [2.05, 4.69) is 10.5 Å². The Morgan fingerprint density at radius 1 is 1.19 bits per heavy atom. The van der Waals surface area contributed by atoms with Crippen LogP contribution in [0.15, 0.2) is 39.8 Å². The highest BCUT2D eigenvalue weighted by molar-refractivity contribution is 7.89. The summed E-state index contributed by atoms with van der Waals surface area (Å²) in [5.41, 5.74) is 1.01. The predicted molar refractivity (Wildman–Crippen MR) is 97.5 cm³/mol. The normalized spacial score (nSPS) is 16.0. The molecule has 0 aliphatic heterocycles. The molecule has 140 valence electrons. The number of aromatic nitrogens is 1. The van der Waals surface area contributed by atoms with Gasteiger partial charge in [-0.3, -0.25) is 10.1 Å². The van der Waals surface area contributed by atoms with Gasteiger partial charge < -0.3 is 4.52 Å². The monoisotopic (exact) mass is 377 g/mol. The Labute approximate surface area is 153 Å². The number of nitrogens with zero attached hydrogens (tertiary/aromatic N) is 2. The first-order chi connectivity index (χ1) is 12.4. The number of anilines is 1. The van der Waals surface area contributed by atoms with Crippen LogP contribution in [0.5, 0.6) is 0 Å². The molecule has 26 heavy (non-hydrogen) atoms. The van der Waals surface area contributed by atoms with Crippen molar-refractivity contribution < 1.29 is 17.7 Å². The van der Waals surface area contributed by atoms with Crippen LogP contribution >= 0.6 is 0 Å². The second-order valence-corrected chi connectivity index (χ2v) is 8.62. The Kier molecular flexibility index (Phi) is 5.43. The van der Waals surface area contributed by atoms with Gasteiger partial charge in [-0.05, 0) is 44.0 Å². The van der Waals surface area contributed by atoms with Gasteiger partial charge in [0.15, 0.2) is 0 Å². The zero-order valence-corrected chi connectivity index (χ0v) is 15.8. The fourth-order valence-electron chi connectivity index (χ4n) is 3.19. The topological polar surface area (TPSA) is 92.5 Å². The van der Waals surface area contributed by atoms with Gasteiger partial charge in [0.2, 0.25) is 15.9 Å². The molecule has 1 aromatic carbocycles. The number of nitrogens with one attached hydrogen (secondary N) is 1. The minimum absolute atomic E-state index is 0.0476. The average Bonchev–Trinajstić information content (AvgIpc) is 3.06. The summed E-state index contributed by atoms with van der Waals surface area (Å²) in [6, 6.07) is 7.59. The summed E-state index contributed by atoms with van der Waals surface area (Å²) in [6.45, 7) is 1.75. The third-order valence-electron chi connectivity index (χ3n) is 4.75. The zero-order chi connectivity index (χ0) is 18.7. The molecule has 0 bridgehead atoms. The van der Waals surface area contributed by atoms with Crippen molar-refractivity contribution in [2.24, 2.45) is 0 Å². The molecule has 0 atom stereocenters. The molecule has 3 rings (SSSR count). The van der Waals surface area contributed by atoms with E-state index in [-0.39, 0.29) is 22.7 Å². The van der Waals surface area contributed by atoms with Gasteiger partial charge in [0, 0.05) is 24.7 Å². The lowest BCUT2D eigenvalue weighted by atomic mass is 9.96. The molecule has 1 N–H and O–H groups in total. The minimum Gasteiger partial charge on any atom is -0.338 e. The molecule has 0 radical (unpaired) electrons. The highest BCUT2D eigenvalue weighted by Gasteiger charge is 2.29. The second kappa shape index (κ2) is 7.59. The lowest BCUT2D eigenvalue weighted by Gasteiger charge is -2.30. The molecule has 1 amide bonds. The molecule has 1 saturated carbocycles. The molecule has 0 unspecified atom stereocenters.